The molecule has 4 N–H and O–H groups in total. The number of carboxylic acid groups (broad SMARTS) is 3. The van der Waals surface area contributed by atoms with Crippen LogP contribution in [0.15, 0.2) is 91.0 Å². The molecule has 1 unspecified atom stereocenters. The van der Waals surface area contributed by atoms with Crippen LogP contribution >= 0.6 is 0 Å². The van der Waals surface area contributed by atoms with Gasteiger partial charge in [-0.25, -0.2) is 0 Å². The maximum absolute atomic E-state index is 13.5. The molecule has 51 heavy (non-hydrogen) atoms. The Morgan fingerprint density at radius 2 is 1.14 bits per heavy atom. The summed E-state index contributed by atoms with van der Waals surface area (Å²) in [6, 6.07) is 27.4. The molecule has 3 aromatic rings. The van der Waals surface area contributed by atoms with Crippen molar-refractivity contribution in [1.29, 1.82) is 0 Å². The number of carboxylic acids is 3. The normalized spacial score (nSPS) is 16.5. The average Bonchev–Trinajstić information content (AvgIpc) is 3.12. The summed E-state index contributed by atoms with van der Waals surface area (Å²) in [4.78, 5) is 43.2. The molecule has 0 amide bonds. The van der Waals surface area contributed by atoms with Gasteiger partial charge in [0.1, 0.15) is 6.04 Å². The molecule has 0 aliphatic carbocycles. The molecule has 276 valence electrons. The van der Waals surface area contributed by atoms with Gasteiger partial charge in [0.15, 0.2) is 5.54 Å². The van der Waals surface area contributed by atoms with Gasteiger partial charge in [-0.1, -0.05) is 91.0 Å². The highest BCUT2D eigenvalue weighted by Crippen LogP contribution is 2.22. The third-order valence-corrected chi connectivity index (χ3v) is 8.90. The Morgan fingerprint density at radius 1 is 0.647 bits per heavy atom. The second-order valence-corrected chi connectivity index (χ2v) is 12.6. The first-order valence-electron chi connectivity index (χ1n) is 17.2. The van der Waals surface area contributed by atoms with Crippen LogP contribution in [0.5, 0.6) is 0 Å². The lowest BCUT2D eigenvalue weighted by molar-refractivity contribution is -0.166. The molecule has 1 aliphatic heterocycles. The molecule has 3 aromatic carbocycles. The molecule has 0 bridgehead atoms. The van der Waals surface area contributed by atoms with Crippen LogP contribution in [-0.4, -0.2) is 138 Å². The molecule has 0 saturated carbocycles. The van der Waals surface area contributed by atoms with Crippen LogP contribution in [0.1, 0.15) is 16.7 Å². The molecule has 4 rings (SSSR count). The summed E-state index contributed by atoms with van der Waals surface area (Å²) >= 11 is 0. The van der Waals surface area contributed by atoms with Gasteiger partial charge in [-0.2, -0.15) is 0 Å². The molecule has 1 saturated heterocycles. The summed E-state index contributed by atoms with van der Waals surface area (Å²) in [7, 11) is 0. The van der Waals surface area contributed by atoms with Crippen LogP contribution in [0.25, 0.3) is 0 Å². The zero-order chi connectivity index (χ0) is 36.3. The molecule has 0 spiro atoms. The summed E-state index contributed by atoms with van der Waals surface area (Å²) in [6.45, 7) is 2.26. The predicted molar refractivity (Wildman–Crippen MR) is 190 cm³/mol. The Bertz CT molecular complexity index is 1420. The van der Waals surface area contributed by atoms with Crippen LogP contribution in [0.2, 0.25) is 0 Å². The van der Waals surface area contributed by atoms with E-state index < -0.39 is 29.5 Å². The average molecular weight is 707 g/mol. The minimum atomic E-state index is -1.69. The third kappa shape index (κ3) is 13.1. The first kappa shape index (κ1) is 39.6. The number of hydrogen-bond donors (Lipinski definition) is 4. The van der Waals surface area contributed by atoms with Crippen molar-refractivity contribution >= 4 is 17.9 Å². The van der Waals surface area contributed by atoms with Crippen molar-refractivity contribution in [2.45, 2.75) is 31.4 Å². The zero-order valence-electron chi connectivity index (χ0n) is 29.0. The van der Waals surface area contributed by atoms with Gasteiger partial charge in [0, 0.05) is 52.4 Å². The van der Waals surface area contributed by atoms with Crippen molar-refractivity contribution in [2.24, 2.45) is 0 Å². The van der Waals surface area contributed by atoms with Gasteiger partial charge < -0.3 is 34.8 Å². The monoisotopic (exact) mass is 706 g/mol. The quantitative estimate of drug-likeness (QED) is 0.153. The van der Waals surface area contributed by atoms with E-state index >= 15 is 0 Å². The van der Waals surface area contributed by atoms with Crippen molar-refractivity contribution < 1.29 is 43.9 Å². The number of ether oxygens (including phenoxy) is 3. The summed E-state index contributed by atoms with van der Waals surface area (Å²) in [5.41, 5.74) is 0.990. The molecule has 13 heteroatoms. The topological polar surface area (TPSA) is 161 Å². The predicted octanol–water partition coefficient (Wildman–Crippen LogP) is 2.51. The molecule has 0 radical (unpaired) electrons. The van der Waals surface area contributed by atoms with Crippen molar-refractivity contribution in [3.63, 3.8) is 0 Å². The fourth-order valence-electron chi connectivity index (χ4n) is 6.02. The van der Waals surface area contributed by atoms with Gasteiger partial charge in [0.25, 0.3) is 0 Å². The highest BCUT2D eigenvalue weighted by molar-refractivity contribution is 5.79. The SMILES string of the molecule is O=C(O)CN1CCNCCN(C(COCc2ccccc2)C(=O)O)CCN(C(COCc2ccccc2)(COCc2ccccc2)C(=O)O)CC1. The Morgan fingerprint density at radius 3 is 1.63 bits per heavy atom. The second-order valence-electron chi connectivity index (χ2n) is 12.6. The Kier molecular flexibility index (Phi) is 16.5. The minimum Gasteiger partial charge on any atom is -0.480 e. The second kappa shape index (κ2) is 21.2. The lowest BCUT2D eigenvalue weighted by Gasteiger charge is -2.42. The van der Waals surface area contributed by atoms with E-state index in [1.807, 2.05) is 91.0 Å². The van der Waals surface area contributed by atoms with Crippen LogP contribution in [-0.2, 0) is 48.4 Å². The molecule has 1 aliphatic rings. The fourth-order valence-corrected chi connectivity index (χ4v) is 6.02. The summed E-state index contributed by atoms with van der Waals surface area (Å²) in [5.74, 6) is -3.19. The first-order valence-corrected chi connectivity index (χ1v) is 17.2. The third-order valence-electron chi connectivity index (χ3n) is 8.90. The van der Waals surface area contributed by atoms with Gasteiger partial charge in [-0.15, -0.1) is 0 Å². The number of nitrogens with zero attached hydrogens (tertiary/aromatic N) is 3. The number of benzene rings is 3. The highest BCUT2D eigenvalue weighted by atomic mass is 16.5. The fraction of sp³-hybridized carbons (Fsp3) is 0.447. The number of aliphatic carboxylic acids is 3. The van der Waals surface area contributed by atoms with Crippen LogP contribution in [0.3, 0.4) is 0 Å². The van der Waals surface area contributed by atoms with E-state index in [0.717, 1.165) is 16.7 Å². The summed E-state index contributed by atoms with van der Waals surface area (Å²) in [6.07, 6.45) is 0. The highest BCUT2D eigenvalue weighted by Gasteiger charge is 2.46. The Balaban J connectivity index is 1.61. The molecule has 1 fully saturated rings. The molecule has 0 aromatic heterocycles. The number of hydrogen-bond acceptors (Lipinski definition) is 10. The summed E-state index contributed by atoms with van der Waals surface area (Å²) < 4.78 is 18.1. The molecule has 13 nitrogen and oxygen atoms in total. The van der Waals surface area contributed by atoms with Crippen LogP contribution < -0.4 is 5.32 Å². The van der Waals surface area contributed by atoms with E-state index in [2.05, 4.69) is 5.32 Å². The van der Waals surface area contributed by atoms with Crippen molar-refractivity contribution in [1.82, 2.24) is 20.0 Å². The van der Waals surface area contributed by atoms with Crippen LogP contribution in [0, 0.1) is 0 Å². The summed E-state index contributed by atoms with van der Waals surface area (Å²) in [5, 5.41) is 34.3. The molecule has 1 heterocycles. The number of nitrogens with one attached hydrogen (secondary N) is 1. The first-order chi connectivity index (χ1) is 24.8. The Labute approximate surface area is 299 Å². The van der Waals surface area contributed by atoms with Gasteiger partial charge in [0.05, 0.1) is 46.2 Å². The largest absolute Gasteiger partial charge is 0.480 e. The number of rotatable bonds is 18. The van der Waals surface area contributed by atoms with E-state index in [1.54, 1.807) is 14.7 Å². The smallest absolute Gasteiger partial charge is 0.328 e. The van der Waals surface area contributed by atoms with Crippen molar-refractivity contribution in [3.05, 3.63) is 108 Å². The lowest BCUT2D eigenvalue weighted by atomic mass is 9.98. The van der Waals surface area contributed by atoms with Gasteiger partial charge in [-0.05, 0) is 16.7 Å². The number of carbonyl (C=O) groups is 3. The van der Waals surface area contributed by atoms with E-state index in [9.17, 15) is 29.7 Å². The van der Waals surface area contributed by atoms with Crippen molar-refractivity contribution in [3.8, 4) is 0 Å². The van der Waals surface area contributed by atoms with Gasteiger partial charge in [0.2, 0.25) is 0 Å². The van der Waals surface area contributed by atoms with E-state index in [0.29, 0.717) is 26.2 Å². The van der Waals surface area contributed by atoms with Gasteiger partial charge in [-0.3, -0.25) is 29.1 Å². The maximum Gasteiger partial charge on any atom is 0.328 e. The zero-order valence-corrected chi connectivity index (χ0v) is 29.0. The standard InChI is InChI=1S/C38H50N4O9/c43-35(44)24-40-18-16-39-17-19-41(34(36(45)46)28-49-25-31-10-4-1-5-11-31)21-23-42(22-20-40)38(37(47)48,29-50-26-32-12-6-2-7-13-32)30-51-27-33-14-8-3-9-15-33/h1-15,34,39H,16-30H2,(H,43,44)(H,45,46)(H,47,48). The molecular weight excluding hydrogens is 656 g/mol. The Hall–Kier alpha value is -4.21. The minimum absolute atomic E-state index is 0.0684. The van der Waals surface area contributed by atoms with E-state index in [1.165, 1.54) is 0 Å². The van der Waals surface area contributed by atoms with E-state index in [4.69, 9.17) is 14.2 Å². The van der Waals surface area contributed by atoms with E-state index in [-0.39, 0.29) is 72.4 Å². The maximum atomic E-state index is 13.5. The van der Waals surface area contributed by atoms with Gasteiger partial charge >= 0.3 is 17.9 Å². The van der Waals surface area contributed by atoms with Crippen LogP contribution in [0.4, 0.5) is 0 Å². The lowest BCUT2D eigenvalue weighted by Crippen LogP contribution is -2.64. The molecule has 1 atom stereocenters. The van der Waals surface area contributed by atoms with Crippen molar-refractivity contribution in [2.75, 3.05) is 78.7 Å². The molecular formula is C38H50N4O9.